The van der Waals surface area contributed by atoms with E-state index in [1.54, 1.807) is 6.07 Å². The van der Waals surface area contributed by atoms with E-state index in [0.717, 1.165) is 0 Å². The lowest BCUT2D eigenvalue weighted by molar-refractivity contribution is -0.0512. The third-order valence-corrected chi connectivity index (χ3v) is 3.41. The first-order valence-corrected chi connectivity index (χ1v) is 5.11. The monoisotopic (exact) mass is 330 g/mol. The fourth-order valence-electron chi connectivity index (χ4n) is 0.893. The number of ether oxygens (including phenoxy) is 2. The van der Waals surface area contributed by atoms with Crippen LogP contribution in [0.3, 0.4) is 0 Å². The highest BCUT2D eigenvalue weighted by molar-refractivity contribution is 9.13. The molecule has 0 saturated carbocycles. The summed E-state index contributed by atoms with van der Waals surface area (Å²) in [6, 6.07) is 2.99. The summed E-state index contributed by atoms with van der Waals surface area (Å²) in [4.78, 5) is 0. The minimum absolute atomic E-state index is 0.00225. The van der Waals surface area contributed by atoms with Gasteiger partial charge in [0.05, 0.1) is 11.6 Å². The first-order valence-electron chi connectivity index (χ1n) is 3.53. The summed E-state index contributed by atoms with van der Waals surface area (Å²) in [5.74, 6) is 0.234. The first-order chi connectivity index (χ1) is 6.56. The number of hydrogen-bond acceptors (Lipinski definition) is 2. The lowest BCUT2D eigenvalue weighted by Crippen LogP contribution is -2.03. The molecule has 1 aromatic rings. The fraction of sp³-hybridized carbons (Fsp3) is 0.250. The summed E-state index contributed by atoms with van der Waals surface area (Å²) in [6.45, 7) is -2.86. The largest absolute Gasteiger partial charge is 0.492 e. The van der Waals surface area contributed by atoms with Crippen molar-refractivity contribution in [3.05, 3.63) is 21.1 Å². The Kier molecular flexibility index (Phi) is 4.12. The Labute approximate surface area is 96.5 Å². The molecule has 0 amide bonds. The van der Waals surface area contributed by atoms with Gasteiger partial charge in [-0.25, -0.2) is 0 Å². The topological polar surface area (TPSA) is 18.5 Å². The summed E-state index contributed by atoms with van der Waals surface area (Å²) >= 11 is 6.40. The highest BCUT2D eigenvalue weighted by Gasteiger charge is 2.14. The molecule has 0 aromatic heterocycles. The van der Waals surface area contributed by atoms with Crippen LogP contribution in [0.25, 0.3) is 0 Å². The van der Waals surface area contributed by atoms with Gasteiger partial charge in [0.1, 0.15) is 0 Å². The minimum Gasteiger partial charge on any atom is -0.492 e. The highest BCUT2D eigenvalue weighted by Crippen LogP contribution is 2.40. The average molecular weight is 332 g/mol. The van der Waals surface area contributed by atoms with E-state index in [2.05, 4.69) is 36.6 Å². The van der Waals surface area contributed by atoms with Crippen molar-refractivity contribution in [3.8, 4) is 11.5 Å². The molecule has 0 bridgehead atoms. The molecular formula is C8H6Br2F2O2. The quantitative estimate of drug-likeness (QED) is 0.838. The van der Waals surface area contributed by atoms with Gasteiger partial charge in [-0.05, 0) is 44.0 Å². The van der Waals surface area contributed by atoms with Gasteiger partial charge in [-0.3, -0.25) is 0 Å². The van der Waals surface area contributed by atoms with E-state index in [1.807, 2.05) is 0 Å². The summed E-state index contributed by atoms with van der Waals surface area (Å²) < 4.78 is 34.4. The zero-order valence-electron chi connectivity index (χ0n) is 7.06. The maximum atomic E-state index is 12.0. The van der Waals surface area contributed by atoms with E-state index >= 15 is 0 Å². The Morgan fingerprint density at radius 1 is 1.29 bits per heavy atom. The fourth-order valence-corrected chi connectivity index (χ4v) is 1.69. The molecule has 78 valence electrons. The van der Waals surface area contributed by atoms with Crippen molar-refractivity contribution in [2.24, 2.45) is 0 Å². The van der Waals surface area contributed by atoms with Crippen molar-refractivity contribution in [1.82, 2.24) is 0 Å². The molecule has 14 heavy (non-hydrogen) atoms. The first kappa shape index (κ1) is 11.7. The van der Waals surface area contributed by atoms with Crippen LogP contribution < -0.4 is 9.47 Å². The molecule has 0 saturated heterocycles. The van der Waals surface area contributed by atoms with Crippen LogP contribution in [-0.4, -0.2) is 13.7 Å². The van der Waals surface area contributed by atoms with Gasteiger partial charge in [0.25, 0.3) is 0 Å². The Balaban J connectivity index is 3.10. The Hall–Kier alpha value is -0.360. The van der Waals surface area contributed by atoms with E-state index in [0.29, 0.717) is 8.95 Å². The second-order valence-corrected chi connectivity index (χ2v) is 3.92. The molecule has 0 spiro atoms. The molecule has 6 heteroatoms. The van der Waals surface area contributed by atoms with Crippen molar-refractivity contribution >= 4 is 31.9 Å². The zero-order chi connectivity index (χ0) is 10.7. The molecule has 2 nitrogen and oxygen atoms in total. The van der Waals surface area contributed by atoms with Crippen molar-refractivity contribution in [2.45, 2.75) is 6.61 Å². The van der Waals surface area contributed by atoms with Gasteiger partial charge in [-0.2, -0.15) is 8.78 Å². The summed E-state index contributed by atoms with van der Waals surface area (Å²) in [5.41, 5.74) is 0. The number of benzene rings is 1. The molecular weight excluding hydrogens is 326 g/mol. The highest BCUT2D eigenvalue weighted by atomic mass is 79.9. The van der Waals surface area contributed by atoms with Crippen molar-refractivity contribution in [3.63, 3.8) is 0 Å². The van der Waals surface area contributed by atoms with Gasteiger partial charge in [0.15, 0.2) is 11.5 Å². The van der Waals surface area contributed by atoms with E-state index in [1.165, 1.54) is 13.2 Å². The Morgan fingerprint density at radius 2 is 1.93 bits per heavy atom. The summed E-state index contributed by atoms with van der Waals surface area (Å²) in [7, 11) is 1.38. The van der Waals surface area contributed by atoms with E-state index in [-0.39, 0.29) is 11.5 Å². The number of halogens is 4. The normalized spacial score (nSPS) is 10.4. The van der Waals surface area contributed by atoms with E-state index in [4.69, 9.17) is 4.74 Å². The Bertz CT molecular complexity index is 331. The summed E-state index contributed by atoms with van der Waals surface area (Å²) in [6.07, 6.45) is 0. The van der Waals surface area contributed by atoms with Gasteiger partial charge >= 0.3 is 6.61 Å². The van der Waals surface area contributed by atoms with Crippen LogP contribution >= 0.6 is 31.9 Å². The van der Waals surface area contributed by atoms with Crippen molar-refractivity contribution in [1.29, 1.82) is 0 Å². The molecule has 0 aliphatic carbocycles. The maximum absolute atomic E-state index is 12.0. The van der Waals surface area contributed by atoms with Crippen LogP contribution in [0.15, 0.2) is 21.1 Å². The second-order valence-electron chi connectivity index (χ2n) is 2.27. The van der Waals surface area contributed by atoms with Crippen LogP contribution in [0, 0.1) is 0 Å². The zero-order valence-corrected chi connectivity index (χ0v) is 10.2. The predicted molar refractivity (Wildman–Crippen MR) is 55.0 cm³/mol. The number of methoxy groups -OCH3 is 1. The third-order valence-electron chi connectivity index (χ3n) is 1.43. The van der Waals surface area contributed by atoms with Gasteiger partial charge in [0, 0.05) is 4.47 Å². The lowest BCUT2D eigenvalue weighted by atomic mass is 10.3. The molecule has 1 rings (SSSR count). The van der Waals surface area contributed by atoms with Crippen molar-refractivity contribution < 1.29 is 18.3 Å². The van der Waals surface area contributed by atoms with Crippen LogP contribution in [-0.2, 0) is 0 Å². The molecule has 0 aliphatic heterocycles. The molecule has 0 radical (unpaired) electrons. The predicted octanol–water partition coefficient (Wildman–Crippen LogP) is 3.82. The molecule has 0 unspecified atom stereocenters. The number of hydrogen-bond donors (Lipinski definition) is 0. The average Bonchev–Trinajstić information content (AvgIpc) is 2.11. The third kappa shape index (κ3) is 2.57. The van der Waals surface area contributed by atoms with Gasteiger partial charge in [-0.15, -0.1) is 0 Å². The lowest BCUT2D eigenvalue weighted by Gasteiger charge is -2.11. The molecule has 0 atom stereocenters. The standard InChI is InChI=1S/C8H6Br2F2O2/c1-13-7-5(14-8(11)12)3-2-4(9)6(7)10/h2-3,8H,1H3. The molecule has 0 N–H and O–H groups in total. The minimum atomic E-state index is -2.86. The second kappa shape index (κ2) is 4.93. The van der Waals surface area contributed by atoms with Gasteiger partial charge in [-0.1, -0.05) is 0 Å². The smallest absolute Gasteiger partial charge is 0.387 e. The summed E-state index contributed by atoms with van der Waals surface area (Å²) in [5, 5.41) is 0. The number of alkyl halides is 2. The van der Waals surface area contributed by atoms with Gasteiger partial charge in [0.2, 0.25) is 0 Å². The van der Waals surface area contributed by atoms with Crippen LogP contribution in [0.1, 0.15) is 0 Å². The van der Waals surface area contributed by atoms with Gasteiger partial charge < -0.3 is 9.47 Å². The molecule has 0 fully saturated rings. The number of rotatable bonds is 3. The maximum Gasteiger partial charge on any atom is 0.387 e. The van der Waals surface area contributed by atoms with Crippen LogP contribution in [0.2, 0.25) is 0 Å². The van der Waals surface area contributed by atoms with Crippen molar-refractivity contribution in [2.75, 3.05) is 7.11 Å². The van der Waals surface area contributed by atoms with E-state index < -0.39 is 6.61 Å². The molecule has 0 heterocycles. The Morgan fingerprint density at radius 3 is 2.43 bits per heavy atom. The van der Waals surface area contributed by atoms with Crippen LogP contribution in [0.5, 0.6) is 11.5 Å². The van der Waals surface area contributed by atoms with E-state index in [9.17, 15) is 8.78 Å². The van der Waals surface area contributed by atoms with Crippen LogP contribution in [0.4, 0.5) is 8.78 Å². The molecule has 1 aromatic carbocycles. The molecule has 0 aliphatic rings. The SMILES string of the molecule is COc1c(OC(F)F)ccc(Br)c1Br.